The topological polar surface area (TPSA) is 105 Å². The lowest BCUT2D eigenvalue weighted by Gasteiger charge is -2.06. The van der Waals surface area contributed by atoms with Crippen molar-refractivity contribution in [3.05, 3.63) is 82.0 Å². The summed E-state index contributed by atoms with van der Waals surface area (Å²) in [5.41, 5.74) is 4.66. The Balaban J connectivity index is 1.65. The van der Waals surface area contributed by atoms with E-state index in [-0.39, 0.29) is 12.2 Å². The molecule has 4 rings (SSSR count). The summed E-state index contributed by atoms with van der Waals surface area (Å²) >= 11 is 0. The van der Waals surface area contributed by atoms with E-state index in [0.29, 0.717) is 11.3 Å². The molecule has 1 N–H and O–H groups in total. The lowest BCUT2D eigenvalue weighted by molar-refractivity contribution is 0.632. The van der Waals surface area contributed by atoms with Gasteiger partial charge in [-0.1, -0.05) is 18.2 Å². The van der Waals surface area contributed by atoms with Gasteiger partial charge in [0.2, 0.25) is 0 Å². The van der Waals surface area contributed by atoms with Gasteiger partial charge in [0.15, 0.2) is 0 Å². The molecule has 0 spiro atoms. The van der Waals surface area contributed by atoms with Gasteiger partial charge in [-0.25, -0.2) is 4.79 Å². The van der Waals surface area contributed by atoms with Crippen LogP contribution in [0.2, 0.25) is 0 Å². The summed E-state index contributed by atoms with van der Waals surface area (Å²) in [5.74, 6) is 0. The molecular weight excluding hydrogens is 342 g/mol. The Labute approximate surface area is 154 Å². The molecule has 0 aliphatic heterocycles. The third kappa shape index (κ3) is 3.14. The molecule has 8 heteroatoms. The van der Waals surface area contributed by atoms with Crippen LogP contribution in [0.3, 0.4) is 0 Å². The first-order chi connectivity index (χ1) is 13.2. The Kier molecular flexibility index (Phi) is 4.10. The van der Waals surface area contributed by atoms with E-state index >= 15 is 0 Å². The molecule has 2 heterocycles. The summed E-state index contributed by atoms with van der Waals surface area (Å²) in [7, 11) is 0. The minimum Gasteiger partial charge on any atom is -0.285 e. The van der Waals surface area contributed by atoms with Crippen molar-refractivity contribution < 1.29 is 0 Å². The highest BCUT2D eigenvalue weighted by atomic mass is 16.2. The maximum atomic E-state index is 12.7. The fraction of sp³-hybridized carbons (Fsp3) is 0.105. The molecule has 0 radical (unpaired) electrons. The summed E-state index contributed by atoms with van der Waals surface area (Å²) in [5, 5.41) is 23.7. The molecule has 0 unspecified atom stereocenters. The largest absolute Gasteiger partial charge is 0.368 e. The maximum Gasteiger partial charge on any atom is 0.368 e. The van der Waals surface area contributed by atoms with E-state index in [9.17, 15) is 4.79 Å². The number of nitriles is 1. The van der Waals surface area contributed by atoms with Gasteiger partial charge in [-0.3, -0.25) is 5.10 Å². The fourth-order valence-corrected chi connectivity index (χ4v) is 2.95. The highest BCUT2D eigenvalue weighted by molar-refractivity contribution is 5.67. The van der Waals surface area contributed by atoms with Crippen LogP contribution in [-0.4, -0.2) is 30.0 Å². The third-order valence-electron chi connectivity index (χ3n) is 4.29. The Bertz CT molecular complexity index is 1200. The molecule has 0 atom stereocenters. The van der Waals surface area contributed by atoms with Gasteiger partial charge in [-0.05, 0) is 58.3 Å². The van der Waals surface area contributed by atoms with Crippen LogP contribution < -0.4 is 5.69 Å². The number of rotatable bonds is 4. The molecule has 0 bridgehead atoms. The molecule has 0 amide bonds. The zero-order valence-corrected chi connectivity index (χ0v) is 14.5. The van der Waals surface area contributed by atoms with Gasteiger partial charge in [0, 0.05) is 11.8 Å². The van der Waals surface area contributed by atoms with Gasteiger partial charge >= 0.3 is 5.69 Å². The van der Waals surface area contributed by atoms with Gasteiger partial charge in [-0.2, -0.15) is 19.7 Å². The molecule has 0 aliphatic carbocycles. The van der Waals surface area contributed by atoms with E-state index in [2.05, 4.69) is 26.7 Å². The summed E-state index contributed by atoms with van der Waals surface area (Å²) in [6, 6.07) is 14.8. The Morgan fingerprint density at radius 1 is 1.19 bits per heavy atom. The number of nitrogens with zero attached hydrogens (tertiary/aromatic N) is 6. The number of H-pyrrole nitrogens is 1. The molecule has 132 valence electrons. The molecule has 8 nitrogen and oxygen atoms in total. The van der Waals surface area contributed by atoms with Crippen molar-refractivity contribution in [2.75, 3.05) is 0 Å². The van der Waals surface area contributed by atoms with E-state index in [1.807, 2.05) is 37.4 Å². The van der Waals surface area contributed by atoms with Crippen LogP contribution in [0, 0.1) is 18.3 Å². The smallest absolute Gasteiger partial charge is 0.285 e. The van der Waals surface area contributed by atoms with Crippen LogP contribution in [0.4, 0.5) is 0 Å². The van der Waals surface area contributed by atoms with Crippen LogP contribution in [0.25, 0.3) is 16.8 Å². The van der Waals surface area contributed by atoms with Crippen molar-refractivity contribution in [1.82, 2.24) is 30.0 Å². The fourth-order valence-electron chi connectivity index (χ4n) is 2.95. The second kappa shape index (κ2) is 6.72. The number of hydrogen-bond acceptors (Lipinski definition) is 5. The standard InChI is InChI=1S/C19H15N7O/c1-13-7-17(5-6-18(13)16-10-21-22-11-16)26-19(27)25(23-24-26)12-15-4-2-3-14(8-15)9-20/h2-8,10-11H,12H2,1H3,(H,21,22). The van der Waals surface area contributed by atoms with Crippen molar-refractivity contribution in [3.63, 3.8) is 0 Å². The summed E-state index contributed by atoms with van der Waals surface area (Å²) in [6.45, 7) is 2.22. The van der Waals surface area contributed by atoms with Crippen molar-refractivity contribution in [1.29, 1.82) is 5.26 Å². The van der Waals surface area contributed by atoms with Crippen molar-refractivity contribution in [2.45, 2.75) is 13.5 Å². The van der Waals surface area contributed by atoms with Gasteiger partial charge in [0.1, 0.15) is 0 Å². The molecule has 0 fully saturated rings. The predicted molar refractivity (Wildman–Crippen MR) is 98.2 cm³/mol. The van der Waals surface area contributed by atoms with Gasteiger partial charge in [0.25, 0.3) is 0 Å². The zero-order chi connectivity index (χ0) is 18.8. The van der Waals surface area contributed by atoms with Crippen LogP contribution in [-0.2, 0) is 6.54 Å². The molecule has 2 aromatic heterocycles. The van der Waals surface area contributed by atoms with Crippen LogP contribution in [0.1, 0.15) is 16.7 Å². The number of aromatic amines is 1. The van der Waals surface area contributed by atoms with Crippen LogP contribution >= 0.6 is 0 Å². The summed E-state index contributed by atoms with van der Waals surface area (Å²) in [6.07, 6.45) is 3.57. The number of aromatic nitrogens is 6. The van der Waals surface area contributed by atoms with Crippen molar-refractivity contribution >= 4 is 0 Å². The average Bonchev–Trinajstić information content (AvgIpc) is 3.33. The van der Waals surface area contributed by atoms with Crippen LogP contribution in [0.5, 0.6) is 0 Å². The van der Waals surface area contributed by atoms with E-state index in [4.69, 9.17) is 5.26 Å². The van der Waals surface area contributed by atoms with Crippen molar-refractivity contribution in [2.24, 2.45) is 0 Å². The molecule has 2 aromatic carbocycles. The lowest BCUT2D eigenvalue weighted by atomic mass is 10.0. The number of tetrazole rings is 1. The Morgan fingerprint density at radius 2 is 2.07 bits per heavy atom. The first kappa shape index (κ1) is 16.5. The zero-order valence-electron chi connectivity index (χ0n) is 14.5. The monoisotopic (exact) mass is 357 g/mol. The van der Waals surface area contributed by atoms with E-state index in [0.717, 1.165) is 22.3 Å². The predicted octanol–water partition coefficient (Wildman–Crippen LogP) is 2.05. The minimum absolute atomic E-state index is 0.250. The Hall–Kier alpha value is -3.99. The second-order valence-corrected chi connectivity index (χ2v) is 6.13. The van der Waals surface area contributed by atoms with Gasteiger partial charge < -0.3 is 0 Å². The third-order valence-corrected chi connectivity index (χ3v) is 4.29. The number of hydrogen-bond donors (Lipinski definition) is 1. The molecule has 27 heavy (non-hydrogen) atoms. The number of benzene rings is 2. The molecule has 0 saturated carbocycles. The lowest BCUT2D eigenvalue weighted by Crippen LogP contribution is -2.24. The van der Waals surface area contributed by atoms with Crippen molar-refractivity contribution in [3.8, 4) is 22.9 Å². The minimum atomic E-state index is -0.340. The number of aryl methyl sites for hydroxylation is 1. The SMILES string of the molecule is Cc1cc(-n2nnn(Cc3cccc(C#N)c3)c2=O)ccc1-c1cn[nH]c1. The molecule has 0 saturated heterocycles. The highest BCUT2D eigenvalue weighted by Gasteiger charge is 2.12. The van der Waals surface area contributed by atoms with E-state index < -0.39 is 0 Å². The maximum absolute atomic E-state index is 12.7. The Morgan fingerprint density at radius 3 is 2.81 bits per heavy atom. The number of nitrogens with one attached hydrogen (secondary N) is 1. The molecular formula is C19H15N7O. The second-order valence-electron chi connectivity index (χ2n) is 6.13. The van der Waals surface area contributed by atoms with Crippen LogP contribution in [0.15, 0.2) is 59.7 Å². The highest BCUT2D eigenvalue weighted by Crippen LogP contribution is 2.23. The van der Waals surface area contributed by atoms with Gasteiger partial charge in [0.05, 0.1) is 30.1 Å². The van der Waals surface area contributed by atoms with E-state index in [1.54, 1.807) is 24.4 Å². The normalized spacial score (nSPS) is 10.7. The first-order valence-corrected chi connectivity index (χ1v) is 8.28. The quantitative estimate of drug-likeness (QED) is 0.602. The first-order valence-electron chi connectivity index (χ1n) is 8.28. The summed E-state index contributed by atoms with van der Waals surface area (Å²) < 4.78 is 2.54. The molecule has 4 aromatic rings. The summed E-state index contributed by atoms with van der Waals surface area (Å²) in [4.78, 5) is 12.7. The van der Waals surface area contributed by atoms with Gasteiger partial charge in [-0.15, -0.1) is 0 Å². The molecule has 0 aliphatic rings. The average molecular weight is 357 g/mol. The van der Waals surface area contributed by atoms with E-state index in [1.165, 1.54) is 9.36 Å².